The van der Waals surface area contributed by atoms with Gasteiger partial charge in [0, 0.05) is 46.6 Å². The Morgan fingerprint density at radius 3 is 2.42 bits per heavy atom. The number of rotatable bonds is 14. The monoisotopic (exact) mass is 485 g/mol. The fourth-order valence-electron chi connectivity index (χ4n) is 3.26. The Balaban J connectivity index is 0.00000625. The molecule has 0 aromatic carbocycles. The molecule has 1 saturated carbocycles. The van der Waals surface area contributed by atoms with Crippen LogP contribution in [0.1, 0.15) is 52.4 Å². The topological polar surface area (TPSA) is 64.1 Å². The summed E-state index contributed by atoms with van der Waals surface area (Å²) in [5, 5.41) is 6.77. The predicted octanol–water partition coefficient (Wildman–Crippen LogP) is 3.20. The Bertz CT molecular complexity index is 351. The molecule has 0 heterocycles. The molecule has 156 valence electrons. The van der Waals surface area contributed by atoms with Crippen molar-refractivity contribution in [3.63, 3.8) is 0 Å². The second kappa shape index (κ2) is 17.0. The van der Waals surface area contributed by atoms with Gasteiger partial charge in [0.25, 0.3) is 0 Å². The Kier molecular flexibility index (Phi) is 16.9. The summed E-state index contributed by atoms with van der Waals surface area (Å²) in [7, 11) is 1.69. The molecular formula is C19H40IN3O3. The molecule has 0 aromatic heterocycles. The van der Waals surface area contributed by atoms with Crippen LogP contribution in [-0.4, -0.2) is 65.7 Å². The smallest absolute Gasteiger partial charge is 0.191 e. The summed E-state index contributed by atoms with van der Waals surface area (Å²) in [5.74, 6) is 0.919. The maximum atomic E-state index is 5.59. The van der Waals surface area contributed by atoms with Gasteiger partial charge in [-0.05, 0) is 44.9 Å². The van der Waals surface area contributed by atoms with E-state index in [0.29, 0.717) is 18.6 Å². The summed E-state index contributed by atoms with van der Waals surface area (Å²) >= 11 is 0. The molecule has 0 unspecified atom stereocenters. The Hall–Kier alpha value is -0.120. The number of ether oxygens (including phenoxy) is 3. The van der Waals surface area contributed by atoms with E-state index in [-0.39, 0.29) is 24.0 Å². The van der Waals surface area contributed by atoms with E-state index < -0.39 is 0 Å². The first-order valence-electron chi connectivity index (χ1n) is 9.93. The highest BCUT2D eigenvalue weighted by molar-refractivity contribution is 14.0. The second-order valence-corrected chi connectivity index (χ2v) is 6.73. The second-order valence-electron chi connectivity index (χ2n) is 6.73. The van der Waals surface area contributed by atoms with E-state index in [2.05, 4.69) is 24.5 Å². The van der Waals surface area contributed by atoms with E-state index in [9.17, 15) is 0 Å². The molecule has 0 bridgehead atoms. The number of hydrogen-bond donors (Lipinski definition) is 2. The summed E-state index contributed by atoms with van der Waals surface area (Å²) in [6.45, 7) is 10.5. The van der Waals surface area contributed by atoms with E-state index in [1.807, 2.05) is 0 Å². The van der Waals surface area contributed by atoms with E-state index >= 15 is 0 Å². The van der Waals surface area contributed by atoms with E-state index in [1.54, 1.807) is 7.11 Å². The molecule has 0 aliphatic heterocycles. The van der Waals surface area contributed by atoms with Gasteiger partial charge in [-0.25, -0.2) is 0 Å². The molecule has 1 rings (SSSR count). The van der Waals surface area contributed by atoms with Crippen molar-refractivity contribution in [2.75, 3.05) is 59.8 Å². The maximum absolute atomic E-state index is 5.59. The Labute approximate surface area is 177 Å². The van der Waals surface area contributed by atoms with Gasteiger partial charge in [0.1, 0.15) is 0 Å². The quantitative estimate of drug-likeness (QED) is 0.171. The van der Waals surface area contributed by atoms with Crippen LogP contribution in [0.3, 0.4) is 0 Å². The van der Waals surface area contributed by atoms with E-state index in [0.717, 1.165) is 58.3 Å². The lowest BCUT2D eigenvalue weighted by molar-refractivity contribution is 0.0698. The number of nitrogens with zero attached hydrogens (tertiary/aromatic N) is 1. The maximum Gasteiger partial charge on any atom is 0.191 e. The third-order valence-corrected chi connectivity index (χ3v) is 4.75. The zero-order chi connectivity index (χ0) is 18.2. The molecule has 1 aliphatic carbocycles. The van der Waals surface area contributed by atoms with Gasteiger partial charge in [-0.2, -0.15) is 0 Å². The van der Waals surface area contributed by atoms with Crippen LogP contribution in [0.4, 0.5) is 0 Å². The summed E-state index contributed by atoms with van der Waals surface area (Å²) in [6, 6.07) is 0. The largest absolute Gasteiger partial charge is 0.382 e. The number of methoxy groups -OCH3 is 1. The molecule has 0 atom stereocenters. The third kappa shape index (κ3) is 11.6. The van der Waals surface area contributed by atoms with Gasteiger partial charge in [-0.3, -0.25) is 4.99 Å². The molecule has 0 radical (unpaired) electrons. The van der Waals surface area contributed by atoms with Crippen molar-refractivity contribution >= 4 is 29.9 Å². The fraction of sp³-hybridized carbons (Fsp3) is 0.947. The lowest BCUT2D eigenvalue weighted by atomic mass is 9.83. The number of aliphatic imine (C=N–C) groups is 1. The standard InChI is InChI=1S/C19H39N3O3.HI/c1-4-20-18(21-12-8-13-25-16-15-23-3)22-17-19(9-6-7-10-19)11-14-24-5-2;/h4-17H2,1-3H3,(H2,20,21,22);1H. The van der Waals surface area contributed by atoms with Gasteiger partial charge < -0.3 is 24.8 Å². The molecule has 0 aromatic rings. The molecule has 6 nitrogen and oxygen atoms in total. The van der Waals surface area contributed by atoms with Crippen LogP contribution < -0.4 is 10.6 Å². The van der Waals surface area contributed by atoms with Crippen molar-refractivity contribution in [1.29, 1.82) is 0 Å². The van der Waals surface area contributed by atoms with Crippen LogP contribution >= 0.6 is 24.0 Å². The fourth-order valence-corrected chi connectivity index (χ4v) is 3.26. The summed E-state index contributed by atoms with van der Waals surface area (Å²) < 4.78 is 16.0. The third-order valence-electron chi connectivity index (χ3n) is 4.75. The molecule has 0 amide bonds. The number of halogens is 1. The average Bonchev–Trinajstić information content (AvgIpc) is 3.08. The first kappa shape index (κ1) is 25.9. The first-order chi connectivity index (χ1) is 12.3. The highest BCUT2D eigenvalue weighted by atomic mass is 127. The Morgan fingerprint density at radius 1 is 1.00 bits per heavy atom. The van der Waals surface area contributed by atoms with Crippen molar-refractivity contribution in [3.05, 3.63) is 0 Å². The SMILES string of the molecule is CCNC(=NCC1(CCOCC)CCCC1)NCCCOCCOC.I. The minimum absolute atomic E-state index is 0. The summed E-state index contributed by atoms with van der Waals surface area (Å²) in [5.41, 5.74) is 0.334. The minimum atomic E-state index is 0. The van der Waals surface area contributed by atoms with E-state index in [1.165, 1.54) is 25.7 Å². The highest BCUT2D eigenvalue weighted by Crippen LogP contribution is 2.41. The van der Waals surface area contributed by atoms with Crippen LogP contribution in [0, 0.1) is 5.41 Å². The molecule has 26 heavy (non-hydrogen) atoms. The van der Waals surface area contributed by atoms with Crippen molar-refractivity contribution < 1.29 is 14.2 Å². The van der Waals surface area contributed by atoms with E-state index in [4.69, 9.17) is 19.2 Å². The van der Waals surface area contributed by atoms with Gasteiger partial charge >= 0.3 is 0 Å². The first-order valence-corrected chi connectivity index (χ1v) is 9.93. The van der Waals surface area contributed by atoms with Crippen LogP contribution in [0.2, 0.25) is 0 Å². The zero-order valence-corrected chi connectivity index (χ0v) is 19.3. The van der Waals surface area contributed by atoms with Crippen molar-refractivity contribution in [2.24, 2.45) is 10.4 Å². The zero-order valence-electron chi connectivity index (χ0n) is 17.0. The predicted molar refractivity (Wildman–Crippen MR) is 119 cm³/mol. The number of nitrogens with one attached hydrogen (secondary N) is 2. The molecule has 1 fully saturated rings. The van der Waals surface area contributed by atoms with Gasteiger partial charge in [0.15, 0.2) is 5.96 Å². The van der Waals surface area contributed by atoms with Crippen LogP contribution in [0.15, 0.2) is 4.99 Å². The number of hydrogen-bond acceptors (Lipinski definition) is 4. The van der Waals surface area contributed by atoms with Crippen molar-refractivity contribution in [2.45, 2.75) is 52.4 Å². The highest BCUT2D eigenvalue weighted by Gasteiger charge is 2.33. The van der Waals surface area contributed by atoms with Crippen molar-refractivity contribution in [1.82, 2.24) is 10.6 Å². The van der Waals surface area contributed by atoms with Gasteiger partial charge in [-0.15, -0.1) is 24.0 Å². The number of guanidine groups is 1. The average molecular weight is 485 g/mol. The summed E-state index contributed by atoms with van der Waals surface area (Å²) in [6.07, 6.45) is 7.28. The lowest BCUT2D eigenvalue weighted by Crippen LogP contribution is -2.39. The lowest BCUT2D eigenvalue weighted by Gasteiger charge is -2.27. The van der Waals surface area contributed by atoms with Gasteiger partial charge in [0.05, 0.1) is 13.2 Å². The van der Waals surface area contributed by atoms with Crippen LogP contribution in [0.25, 0.3) is 0 Å². The molecular weight excluding hydrogens is 445 g/mol. The van der Waals surface area contributed by atoms with Gasteiger partial charge in [0.2, 0.25) is 0 Å². The molecule has 2 N–H and O–H groups in total. The molecule has 7 heteroatoms. The minimum Gasteiger partial charge on any atom is -0.382 e. The summed E-state index contributed by atoms with van der Waals surface area (Å²) in [4.78, 5) is 4.87. The molecule has 1 aliphatic rings. The van der Waals surface area contributed by atoms with Crippen molar-refractivity contribution in [3.8, 4) is 0 Å². The normalized spacial score (nSPS) is 16.3. The molecule has 0 spiro atoms. The van der Waals surface area contributed by atoms with Crippen LogP contribution in [0.5, 0.6) is 0 Å². The molecule has 0 saturated heterocycles. The van der Waals surface area contributed by atoms with Crippen LogP contribution in [-0.2, 0) is 14.2 Å². The Morgan fingerprint density at radius 2 is 1.77 bits per heavy atom. The van der Waals surface area contributed by atoms with Gasteiger partial charge in [-0.1, -0.05) is 12.8 Å².